The number of aromatic amines is 1. The van der Waals surface area contributed by atoms with Gasteiger partial charge in [0.25, 0.3) is 5.56 Å². The lowest BCUT2D eigenvalue weighted by Gasteiger charge is -2.15. The summed E-state index contributed by atoms with van der Waals surface area (Å²) >= 11 is 1.31. The minimum atomic E-state index is -3.00. The summed E-state index contributed by atoms with van der Waals surface area (Å²) in [7, 11) is -3.00. The quantitative estimate of drug-likeness (QED) is 0.287. The average Bonchev–Trinajstić information content (AvgIpc) is 3.28. The van der Waals surface area contributed by atoms with Crippen LogP contribution in [0.15, 0.2) is 65.5 Å². The van der Waals surface area contributed by atoms with E-state index >= 15 is 0 Å². The van der Waals surface area contributed by atoms with Gasteiger partial charge in [0.2, 0.25) is 5.88 Å². The SMILES string of the molecule is Cc1nc(OCCCS(C)(=O)=O)ccc1-c1cccc(COc2ccc(-c3cc(=O)[nH]s3)cc2)c1C. The number of benzene rings is 2. The van der Waals surface area contributed by atoms with Gasteiger partial charge in [0.1, 0.15) is 22.2 Å². The largest absolute Gasteiger partial charge is 0.489 e. The second kappa shape index (κ2) is 11.1. The molecule has 0 amide bonds. The van der Waals surface area contributed by atoms with Gasteiger partial charge in [0.05, 0.1) is 17.2 Å². The smallest absolute Gasteiger partial charge is 0.258 e. The maximum Gasteiger partial charge on any atom is 0.258 e. The molecule has 0 spiro atoms. The minimum Gasteiger partial charge on any atom is -0.489 e. The predicted octanol–water partition coefficient (Wildman–Crippen LogP) is 5.17. The summed E-state index contributed by atoms with van der Waals surface area (Å²) in [5, 5.41) is 0. The third kappa shape index (κ3) is 6.61. The van der Waals surface area contributed by atoms with Crippen LogP contribution in [0, 0.1) is 13.8 Å². The normalized spacial score (nSPS) is 11.4. The molecule has 188 valence electrons. The molecule has 0 atom stereocenters. The molecule has 0 radical (unpaired) electrons. The lowest BCUT2D eigenvalue weighted by atomic mass is 9.96. The first-order valence-electron chi connectivity index (χ1n) is 11.5. The highest BCUT2D eigenvalue weighted by Gasteiger charge is 2.12. The molecule has 1 N–H and O–H groups in total. The van der Waals surface area contributed by atoms with E-state index in [9.17, 15) is 13.2 Å². The van der Waals surface area contributed by atoms with Gasteiger partial charge in [0.15, 0.2) is 0 Å². The molecule has 9 heteroatoms. The van der Waals surface area contributed by atoms with Crippen LogP contribution in [0.25, 0.3) is 21.6 Å². The third-order valence-corrected chi connectivity index (χ3v) is 7.67. The number of pyridine rings is 1. The second-order valence-corrected chi connectivity index (χ2v) is 11.7. The van der Waals surface area contributed by atoms with E-state index in [1.807, 2.05) is 55.5 Å². The molecule has 2 aromatic heterocycles. The maximum atomic E-state index is 11.4. The summed E-state index contributed by atoms with van der Waals surface area (Å²) in [4.78, 5) is 16.8. The second-order valence-electron chi connectivity index (χ2n) is 8.59. The van der Waals surface area contributed by atoms with Gasteiger partial charge in [0, 0.05) is 29.6 Å². The van der Waals surface area contributed by atoms with Gasteiger partial charge in [-0.1, -0.05) is 29.7 Å². The standard InChI is InChI=1S/C27H28N2O5S2/c1-18-21(17-34-22-10-8-20(9-11-22)25-16-26(30)29-35-25)6-4-7-23(18)24-12-13-27(28-19(24)2)33-14-5-15-36(3,31)32/h4,6-13,16H,5,14-15,17H2,1-3H3,(H,29,30). The molecule has 0 aliphatic heterocycles. The highest BCUT2D eigenvalue weighted by atomic mass is 32.2. The number of nitrogens with one attached hydrogen (secondary N) is 1. The van der Waals surface area contributed by atoms with Crippen LogP contribution in [-0.4, -0.2) is 36.4 Å². The van der Waals surface area contributed by atoms with Crippen molar-refractivity contribution in [3.05, 3.63) is 87.8 Å². The molecule has 4 rings (SSSR count). The highest BCUT2D eigenvalue weighted by Crippen LogP contribution is 2.30. The Balaban J connectivity index is 1.42. The summed E-state index contributed by atoms with van der Waals surface area (Å²) in [5.74, 6) is 1.33. The van der Waals surface area contributed by atoms with Gasteiger partial charge in [-0.3, -0.25) is 9.17 Å². The molecular formula is C27H28N2O5S2. The fourth-order valence-electron chi connectivity index (χ4n) is 3.83. The molecule has 0 unspecified atom stereocenters. The molecular weight excluding hydrogens is 496 g/mol. The van der Waals surface area contributed by atoms with E-state index in [-0.39, 0.29) is 11.3 Å². The lowest BCUT2D eigenvalue weighted by molar-refractivity contribution is 0.305. The van der Waals surface area contributed by atoms with E-state index < -0.39 is 9.84 Å². The maximum absolute atomic E-state index is 11.4. The number of H-pyrrole nitrogens is 1. The zero-order chi connectivity index (χ0) is 25.7. The molecule has 0 aliphatic carbocycles. The number of sulfone groups is 1. The molecule has 2 aromatic carbocycles. The van der Waals surface area contributed by atoms with Crippen molar-refractivity contribution in [3.63, 3.8) is 0 Å². The Kier molecular flexibility index (Phi) is 7.91. The molecule has 0 bridgehead atoms. The van der Waals surface area contributed by atoms with Crippen molar-refractivity contribution >= 4 is 21.4 Å². The van der Waals surface area contributed by atoms with Crippen molar-refractivity contribution < 1.29 is 17.9 Å². The summed E-state index contributed by atoms with van der Waals surface area (Å²) in [6.45, 7) is 4.73. The van der Waals surface area contributed by atoms with Gasteiger partial charge in [-0.15, -0.1) is 0 Å². The monoisotopic (exact) mass is 524 g/mol. The van der Waals surface area contributed by atoms with Crippen molar-refractivity contribution in [2.24, 2.45) is 0 Å². The zero-order valence-corrected chi connectivity index (χ0v) is 22.0. The van der Waals surface area contributed by atoms with Gasteiger partial charge < -0.3 is 9.47 Å². The molecule has 0 fully saturated rings. The lowest BCUT2D eigenvalue weighted by Crippen LogP contribution is -2.08. The summed E-state index contributed by atoms with van der Waals surface area (Å²) in [5.41, 5.74) is 5.96. The van der Waals surface area contributed by atoms with Gasteiger partial charge >= 0.3 is 0 Å². The van der Waals surface area contributed by atoms with Crippen molar-refractivity contribution in [1.29, 1.82) is 0 Å². The van der Waals surface area contributed by atoms with Crippen molar-refractivity contribution in [3.8, 4) is 33.2 Å². The number of rotatable bonds is 10. The zero-order valence-electron chi connectivity index (χ0n) is 20.4. The Morgan fingerprint density at radius 2 is 1.75 bits per heavy atom. The van der Waals surface area contributed by atoms with E-state index in [0.29, 0.717) is 25.5 Å². The van der Waals surface area contributed by atoms with Gasteiger partial charge in [-0.2, -0.15) is 0 Å². The highest BCUT2D eigenvalue weighted by molar-refractivity contribution is 7.90. The number of nitrogens with zero attached hydrogens (tertiary/aromatic N) is 1. The van der Waals surface area contributed by atoms with E-state index in [1.54, 1.807) is 6.07 Å². The van der Waals surface area contributed by atoms with Crippen LogP contribution in [0.2, 0.25) is 0 Å². The molecule has 2 heterocycles. The van der Waals surface area contributed by atoms with E-state index in [2.05, 4.69) is 22.3 Å². The molecule has 36 heavy (non-hydrogen) atoms. The molecule has 7 nitrogen and oxygen atoms in total. The third-order valence-electron chi connectivity index (χ3n) is 5.76. The first-order valence-corrected chi connectivity index (χ1v) is 14.4. The van der Waals surface area contributed by atoms with Crippen molar-refractivity contribution in [2.75, 3.05) is 18.6 Å². The van der Waals surface area contributed by atoms with Crippen LogP contribution in [0.5, 0.6) is 11.6 Å². The Hall–Kier alpha value is -3.43. The molecule has 0 saturated carbocycles. The number of aryl methyl sites for hydroxylation is 1. The Bertz CT molecular complexity index is 1510. The Morgan fingerprint density at radius 1 is 0.972 bits per heavy atom. The van der Waals surface area contributed by atoms with E-state index in [4.69, 9.17) is 9.47 Å². The number of aromatic nitrogens is 2. The Morgan fingerprint density at radius 3 is 2.42 bits per heavy atom. The van der Waals surface area contributed by atoms with Gasteiger partial charge in [-0.25, -0.2) is 13.4 Å². The molecule has 0 saturated heterocycles. The fourth-order valence-corrected chi connectivity index (χ4v) is 5.17. The Labute approximate surface area is 214 Å². The first kappa shape index (κ1) is 25.7. The first-order chi connectivity index (χ1) is 17.2. The summed E-state index contributed by atoms with van der Waals surface area (Å²) < 4.78 is 36.9. The summed E-state index contributed by atoms with van der Waals surface area (Å²) in [6.07, 6.45) is 1.65. The summed E-state index contributed by atoms with van der Waals surface area (Å²) in [6, 6.07) is 19.2. The van der Waals surface area contributed by atoms with Crippen molar-refractivity contribution in [1.82, 2.24) is 9.36 Å². The van der Waals surface area contributed by atoms with Crippen LogP contribution < -0.4 is 15.0 Å². The number of hydrogen-bond donors (Lipinski definition) is 1. The van der Waals surface area contributed by atoms with Crippen LogP contribution in [-0.2, 0) is 16.4 Å². The number of ether oxygens (including phenoxy) is 2. The average molecular weight is 525 g/mol. The van der Waals surface area contributed by atoms with Gasteiger partial charge in [-0.05, 0) is 72.9 Å². The van der Waals surface area contributed by atoms with Crippen LogP contribution in [0.1, 0.15) is 23.2 Å². The van der Waals surface area contributed by atoms with Crippen LogP contribution >= 0.6 is 11.5 Å². The topological polar surface area (TPSA) is 98.3 Å². The molecule has 4 aromatic rings. The molecule has 0 aliphatic rings. The van der Waals surface area contributed by atoms with Crippen LogP contribution in [0.3, 0.4) is 0 Å². The van der Waals surface area contributed by atoms with Crippen LogP contribution in [0.4, 0.5) is 0 Å². The van der Waals surface area contributed by atoms with Crippen molar-refractivity contribution in [2.45, 2.75) is 26.9 Å². The predicted molar refractivity (Wildman–Crippen MR) is 144 cm³/mol. The van der Waals surface area contributed by atoms with E-state index in [0.717, 1.165) is 44.1 Å². The minimum absolute atomic E-state index is 0.0945. The number of hydrogen-bond acceptors (Lipinski definition) is 7. The van der Waals surface area contributed by atoms with E-state index in [1.165, 1.54) is 17.8 Å². The fraction of sp³-hybridized carbons (Fsp3) is 0.259.